The minimum atomic E-state index is -0.502. The third-order valence-corrected chi connectivity index (χ3v) is 6.37. The molecule has 2 aromatic carbocycles. The Bertz CT molecular complexity index is 1100. The molecular weight excluding hydrogens is 422 g/mol. The van der Waals surface area contributed by atoms with Crippen molar-refractivity contribution in [3.8, 4) is 22.5 Å². The SMILES string of the molecule is CCC1NN(Cc2ccc(-c3ccccc3-c3nnn[nH]3)cc2)C(=NC(=O)C(C)(C)C)S1. The number of tetrazole rings is 1. The molecule has 0 bridgehead atoms. The molecule has 0 spiro atoms. The first-order valence-corrected chi connectivity index (χ1v) is 11.5. The number of rotatable bonds is 5. The number of thioether (sulfide) groups is 1. The van der Waals surface area contributed by atoms with Crippen LogP contribution in [-0.2, 0) is 11.3 Å². The van der Waals surface area contributed by atoms with Crippen molar-refractivity contribution >= 4 is 22.8 Å². The van der Waals surface area contributed by atoms with E-state index in [2.05, 4.69) is 68.3 Å². The summed E-state index contributed by atoms with van der Waals surface area (Å²) in [5.74, 6) is 0.523. The lowest BCUT2D eigenvalue weighted by atomic mass is 9.96. The van der Waals surface area contributed by atoms with Gasteiger partial charge in [0.15, 0.2) is 11.0 Å². The van der Waals surface area contributed by atoms with Crippen LogP contribution >= 0.6 is 11.8 Å². The molecule has 0 aliphatic carbocycles. The number of aromatic amines is 1. The summed E-state index contributed by atoms with van der Waals surface area (Å²) in [5.41, 5.74) is 7.15. The van der Waals surface area contributed by atoms with Gasteiger partial charge in [-0.3, -0.25) is 9.80 Å². The lowest BCUT2D eigenvalue weighted by Gasteiger charge is -2.20. The Balaban J connectivity index is 1.55. The standard InChI is InChI=1S/C23H27N7OS/c1-5-19-27-30(22(32-19)24-21(31)23(2,3)4)14-15-10-12-16(13-11-15)17-8-6-7-9-18(17)20-25-28-29-26-20/h6-13,19,27H,5,14H2,1-4H3,(H,25,26,28,29). The first kappa shape index (κ1) is 22.2. The molecule has 166 valence electrons. The van der Waals surface area contributed by atoms with Gasteiger partial charge in [0.05, 0.1) is 11.9 Å². The van der Waals surface area contributed by atoms with Crippen LogP contribution < -0.4 is 5.43 Å². The predicted octanol–water partition coefficient (Wildman–Crippen LogP) is 4.25. The molecule has 2 heterocycles. The predicted molar refractivity (Wildman–Crippen MR) is 127 cm³/mol. The molecule has 1 unspecified atom stereocenters. The summed E-state index contributed by atoms with van der Waals surface area (Å²) in [6, 6.07) is 16.4. The van der Waals surface area contributed by atoms with Crippen molar-refractivity contribution < 1.29 is 4.79 Å². The molecule has 2 N–H and O–H groups in total. The van der Waals surface area contributed by atoms with E-state index in [1.165, 1.54) is 0 Å². The molecule has 0 saturated carbocycles. The fraction of sp³-hybridized carbons (Fsp3) is 0.348. The van der Waals surface area contributed by atoms with E-state index in [1.807, 2.05) is 44.0 Å². The van der Waals surface area contributed by atoms with Gasteiger partial charge in [0.2, 0.25) is 0 Å². The number of carbonyl (C=O) groups excluding carboxylic acids is 1. The number of benzene rings is 2. The largest absolute Gasteiger partial charge is 0.281 e. The zero-order valence-electron chi connectivity index (χ0n) is 18.7. The number of amides is 1. The van der Waals surface area contributed by atoms with E-state index in [0.717, 1.165) is 33.8 Å². The van der Waals surface area contributed by atoms with Crippen LogP contribution in [0.15, 0.2) is 53.5 Å². The molecule has 1 fully saturated rings. The second kappa shape index (κ2) is 9.22. The average Bonchev–Trinajstić information content (AvgIpc) is 3.44. The van der Waals surface area contributed by atoms with Gasteiger partial charge in [-0.15, -0.1) is 5.10 Å². The van der Waals surface area contributed by atoms with Gasteiger partial charge < -0.3 is 0 Å². The number of aromatic nitrogens is 4. The van der Waals surface area contributed by atoms with E-state index < -0.39 is 5.41 Å². The third kappa shape index (κ3) is 4.89. The normalized spacial score (nSPS) is 17.8. The van der Waals surface area contributed by atoms with E-state index in [9.17, 15) is 4.79 Å². The van der Waals surface area contributed by atoms with Gasteiger partial charge in [-0.05, 0) is 33.5 Å². The van der Waals surface area contributed by atoms with E-state index in [-0.39, 0.29) is 11.3 Å². The molecule has 8 nitrogen and oxygen atoms in total. The average molecular weight is 450 g/mol. The monoisotopic (exact) mass is 449 g/mol. The van der Waals surface area contributed by atoms with Crippen molar-refractivity contribution in [3.05, 3.63) is 54.1 Å². The number of amidine groups is 1. The Morgan fingerprint density at radius 1 is 1.12 bits per heavy atom. The summed E-state index contributed by atoms with van der Waals surface area (Å²) in [6.07, 6.45) is 0.941. The molecule has 0 radical (unpaired) electrons. The summed E-state index contributed by atoms with van der Waals surface area (Å²) in [7, 11) is 0. The third-order valence-electron chi connectivity index (χ3n) is 5.12. The summed E-state index contributed by atoms with van der Waals surface area (Å²) in [6.45, 7) is 8.40. The Morgan fingerprint density at radius 3 is 2.47 bits per heavy atom. The molecule has 3 aromatic rings. The second-order valence-electron chi connectivity index (χ2n) is 8.67. The van der Waals surface area contributed by atoms with Crippen LogP contribution in [0.25, 0.3) is 22.5 Å². The van der Waals surface area contributed by atoms with Crippen LogP contribution in [0.2, 0.25) is 0 Å². The minimum absolute atomic E-state index is 0.114. The Labute approximate surface area is 191 Å². The number of nitrogens with zero attached hydrogens (tertiary/aromatic N) is 5. The van der Waals surface area contributed by atoms with Crippen molar-refractivity contribution in [1.82, 2.24) is 31.1 Å². The quantitative estimate of drug-likeness (QED) is 0.601. The summed E-state index contributed by atoms with van der Waals surface area (Å²) < 4.78 is 0. The number of hydrogen-bond donors (Lipinski definition) is 2. The molecule has 1 atom stereocenters. The molecule has 4 rings (SSSR count). The highest BCUT2D eigenvalue weighted by Gasteiger charge is 2.30. The smallest absolute Gasteiger partial charge is 0.253 e. The fourth-order valence-electron chi connectivity index (χ4n) is 3.26. The van der Waals surface area contributed by atoms with Gasteiger partial charge >= 0.3 is 0 Å². The van der Waals surface area contributed by atoms with Crippen molar-refractivity contribution in [2.24, 2.45) is 10.4 Å². The van der Waals surface area contributed by atoms with Gasteiger partial charge in [0, 0.05) is 11.0 Å². The van der Waals surface area contributed by atoms with Gasteiger partial charge in [0.1, 0.15) is 0 Å². The molecule has 1 aromatic heterocycles. The highest BCUT2D eigenvalue weighted by atomic mass is 32.2. The lowest BCUT2D eigenvalue weighted by molar-refractivity contribution is -0.124. The maximum absolute atomic E-state index is 12.5. The zero-order chi connectivity index (χ0) is 22.7. The maximum atomic E-state index is 12.5. The van der Waals surface area contributed by atoms with Crippen LogP contribution in [0.4, 0.5) is 0 Å². The molecule has 1 aliphatic rings. The van der Waals surface area contributed by atoms with Crippen LogP contribution in [-0.4, -0.2) is 42.1 Å². The first-order chi connectivity index (χ1) is 15.3. The van der Waals surface area contributed by atoms with E-state index in [4.69, 9.17) is 0 Å². The number of hydrazine groups is 1. The Morgan fingerprint density at radius 2 is 1.84 bits per heavy atom. The van der Waals surface area contributed by atoms with Crippen LogP contribution in [0.3, 0.4) is 0 Å². The van der Waals surface area contributed by atoms with Crippen LogP contribution in [0.5, 0.6) is 0 Å². The minimum Gasteiger partial charge on any atom is -0.281 e. The van der Waals surface area contributed by atoms with Crippen molar-refractivity contribution in [1.29, 1.82) is 0 Å². The molecule has 1 saturated heterocycles. The Kier molecular flexibility index (Phi) is 6.38. The number of nitrogens with one attached hydrogen (secondary N) is 2. The van der Waals surface area contributed by atoms with E-state index >= 15 is 0 Å². The molecule has 32 heavy (non-hydrogen) atoms. The summed E-state index contributed by atoms with van der Waals surface area (Å²) >= 11 is 1.60. The highest BCUT2D eigenvalue weighted by molar-refractivity contribution is 8.14. The van der Waals surface area contributed by atoms with Gasteiger partial charge in [-0.2, -0.15) is 4.99 Å². The van der Waals surface area contributed by atoms with Gasteiger partial charge in [-0.1, -0.05) is 88.0 Å². The second-order valence-corrected chi connectivity index (χ2v) is 9.84. The number of H-pyrrole nitrogens is 1. The topological polar surface area (TPSA) is 99.2 Å². The van der Waals surface area contributed by atoms with Crippen molar-refractivity contribution in [2.45, 2.75) is 46.0 Å². The summed E-state index contributed by atoms with van der Waals surface area (Å²) in [5, 5.41) is 17.2. The maximum Gasteiger partial charge on any atom is 0.253 e. The van der Waals surface area contributed by atoms with Crippen molar-refractivity contribution in [3.63, 3.8) is 0 Å². The molecule has 1 amide bonds. The van der Waals surface area contributed by atoms with Crippen LogP contribution in [0.1, 0.15) is 39.7 Å². The first-order valence-electron chi connectivity index (χ1n) is 10.6. The van der Waals surface area contributed by atoms with Gasteiger partial charge in [0.25, 0.3) is 5.91 Å². The fourth-order valence-corrected chi connectivity index (χ4v) is 4.24. The zero-order valence-corrected chi connectivity index (χ0v) is 19.5. The number of carbonyl (C=O) groups is 1. The highest BCUT2D eigenvalue weighted by Crippen LogP contribution is 2.31. The number of hydrogen-bond acceptors (Lipinski definition) is 6. The van der Waals surface area contributed by atoms with E-state index in [1.54, 1.807) is 11.8 Å². The lowest BCUT2D eigenvalue weighted by Crippen LogP contribution is -2.37. The molecule has 1 aliphatic heterocycles. The van der Waals surface area contributed by atoms with Crippen molar-refractivity contribution in [2.75, 3.05) is 0 Å². The molecular formula is C23H27N7OS. The number of aliphatic imine (C=N–C) groups is 1. The van der Waals surface area contributed by atoms with E-state index in [0.29, 0.717) is 12.4 Å². The summed E-state index contributed by atoms with van der Waals surface area (Å²) in [4.78, 5) is 16.9. The Hall–Kier alpha value is -3.04. The van der Waals surface area contributed by atoms with Crippen LogP contribution in [0, 0.1) is 5.41 Å². The molecule has 9 heteroatoms. The van der Waals surface area contributed by atoms with Gasteiger partial charge in [-0.25, -0.2) is 10.5 Å².